The Bertz CT molecular complexity index is 594. The number of carbonyl (C=O) groups excluding carboxylic acids is 1. The largest absolute Gasteiger partial charge is 0.396 e. The molecule has 0 bridgehead atoms. The van der Waals surface area contributed by atoms with Crippen LogP contribution in [0.3, 0.4) is 0 Å². The van der Waals surface area contributed by atoms with Crippen LogP contribution in [0.4, 0.5) is 0 Å². The van der Waals surface area contributed by atoms with Gasteiger partial charge in [0.05, 0.1) is 17.5 Å². The third-order valence-corrected chi connectivity index (χ3v) is 3.76. The van der Waals surface area contributed by atoms with E-state index >= 15 is 0 Å². The number of nitrogens with zero attached hydrogens (tertiary/aromatic N) is 2. The van der Waals surface area contributed by atoms with E-state index in [1.807, 2.05) is 30.3 Å². The molecule has 5 heteroatoms. The second kappa shape index (κ2) is 5.46. The van der Waals surface area contributed by atoms with Gasteiger partial charge in [0, 0.05) is 31.2 Å². The Morgan fingerprint density at radius 3 is 2.90 bits per heavy atom. The van der Waals surface area contributed by atoms with Crippen LogP contribution in [0.5, 0.6) is 0 Å². The van der Waals surface area contributed by atoms with Crippen LogP contribution in [0, 0.1) is 5.92 Å². The molecule has 104 valence electrons. The summed E-state index contributed by atoms with van der Waals surface area (Å²) in [5.41, 5.74) is 2.30. The van der Waals surface area contributed by atoms with Gasteiger partial charge < -0.3 is 10.0 Å². The zero-order valence-corrected chi connectivity index (χ0v) is 11.1. The Labute approximate surface area is 117 Å². The van der Waals surface area contributed by atoms with Crippen molar-refractivity contribution < 1.29 is 9.90 Å². The van der Waals surface area contributed by atoms with Crippen molar-refractivity contribution in [2.24, 2.45) is 5.92 Å². The summed E-state index contributed by atoms with van der Waals surface area (Å²) in [6.07, 6.45) is 2.44. The summed E-state index contributed by atoms with van der Waals surface area (Å²) in [4.78, 5) is 14.3. The first-order valence-electron chi connectivity index (χ1n) is 6.78. The number of nitrogens with one attached hydrogen (secondary N) is 1. The first-order valence-corrected chi connectivity index (χ1v) is 6.78. The zero-order chi connectivity index (χ0) is 13.9. The number of aromatic nitrogens is 2. The molecule has 2 aromatic rings. The van der Waals surface area contributed by atoms with Crippen LogP contribution < -0.4 is 0 Å². The Hall–Kier alpha value is -2.14. The Balaban J connectivity index is 1.85. The van der Waals surface area contributed by atoms with Gasteiger partial charge in [0.1, 0.15) is 0 Å². The Morgan fingerprint density at radius 1 is 1.40 bits per heavy atom. The summed E-state index contributed by atoms with van der Waals surface area (Å²) in [6.45, 7) is 1.46. The molecule has 1 fully saturated rings. The third kappa shape index (κ3) is 2.32. The molecule has 0 radical (unpaired) electrons. The molecule has 0 aliphatic carbocycles. The fraction of sp³-hybridized carbons (Fsp3) is 0.333. The van der Waals surface area contributed by atoms with E-state index in [0.717, 1.165) is 17.7 Å². The molecular formula is C15H17N3O2. The van der Waals surface area contributed by atoms with Crippen molar-refractivity contribution in [2.45, 2.75) is 6.42 Å². The van der Waals surface area contributed by atoms with E-state index in [-0.39, 0.29) is 18.4 Å². The van der Waals surface area contributed by atoms with Gasteiger partial charge in [-0.3, -0.25) is 9.89 Å². The second-order valence-electron chi connectivity index (χ2n) is 5.11. The number of aromatic amines is 1. The molecule has 0 saturated carbocycles. The smallest absolute Gasteiger partial charge is 0.257 e. The number of H-pyrrole nitrogens is 1. The maximum absolute atomic E-state index is 12.5. The second-order valence-corrected chi connectivity index (χ2v) is 5.11. The third-order valence-electron chi connectivity index (χ3n) is 3.76. The van der Waals surface area contributed by atoms with E-state index in [9.17, 15) is 9.90 Å². The summed E-state index contributed by atoms with van der Waals surface area (Å²) in [7, 11) is 0. The topological polar surface area (TPSA) is 69.2 Å². The zero-order valence-electron chi connectivity index (χ0n) is 11.1. The normalized spacial score (nSPS) is 18.4. The minimum Gasteiger partial charge on any atom is -0.396 e. The van der Waals surface area contributed by atoms with Crippen LogP contribution in [0.2, 0.25) is 0 Å². The molecule has 1 amide bonds. The number of aliphatic hydroxyl groups is 1. The van der Waals surface area contributed by atoms with Crippen LogP contribution in [0.25, 0.3) is 11.3 Å². The highest BCUT2D eigenvalue weighted by Crippen LogP contribution is 2.24. The number of carbonyl (C=O) groups is 1. The molecule has 1 saturated heterocycles. The van der Waals surface area contributed by atoms with Gasteiger partial charge in [0.25, 0.3) is 5.91 Å². The van der Waals surface area contributed by atoms with E-state index in [4.69, 9.17) is 0 Å². The Morgan fingerprint density at radius 2 is 2.20 bits per heavy atom. The molecule has 3 rings (SSSR count). The highest BCUT2D eigenvalue weighted by molar-refractivity contribution is 5.99. The molecule has 0 spiro atoms. The molecule has 20 heavy (non-hydrogen) atoms. The minimum absolute atomic E-state index is 0.0199. The maximum atomic E-state index is 12.5. The van der Waals surface area contributed by atoms with Crippen molar-refractivity contribution in [3.63, 3.8) is 0 Å². The lowest BCUT2D eigenvalue weighted by atomic mass is 10.1. The number of benzene rings is 1. The van der Waals surface area contributed by atoms with Gasteiger partial charge in [-0.15, -0.1) is 0 Å². The van der Waals surface area contributed by atoms with E-state index in [0.29, 0.717) is 18.7 Å². The van der Waals surface area contributed by atoms with Crippen LogP contribution in [-0.4, -0.2) is 45.8 Å². The number of hydrogen-bond acceptors (Lipinski definition) is 3. The number of amides is 1. The highest BCUT2D eigenvalue weighted by atomic mass is 16.3. The average Bonchev–Trinajstić information content (AvgIpc) is 3.16. The van der Waals surface area contributed by atoms with Crippen molar-refractivity contribution in [1.29, 1.82) is 0 Å². The lowest BCUT2D eigenvalue weighted by Crippen LogP contribution is -2.29. The summed E-state index contributed by atoms with van der Waals surface area (Å²) >= 11 is 0. The standard InChI is InChI=1S/C15H17N3O2/c19-10-11-6-7-18(9-11)15(20)13-8-16-17-14(13)12-4-2-1-3-5-12/h1-5,8,11,19H,6-7,9-10H2,(H,16,17). The summed E-state index contributed by atoms with van der Waals surface area (Å²) in [5.74, 6) is 0.180. The molecule has 1 aromatic carbocycles. The molecule has 5 nitrogen and oxygen atoms in total. The summed E-state index contributed by atoms with van der Waals surface area (Å²) in [5, 5.41) is 16.1. The number of aliphatic hydroxyl groups excluding tert-OH is 1. The van der Waals surface area contributed by atoms with Gasteiger partial charge in [0.2, 0.25) is 0 Å². The van der Waals surface area contributed by atoms with E-state index in [1.54, 1.807) is 11.1 Å². The van der Waals surface area contributed by atoms with Crippen LogP contribution in [0.1, 0.15) is 16.8 Å². The fourth-order valence-corrected chi connectivity index (χ4v) is 2.61. The SMILES string of the molecule is O=C(c1cn[nH]c1-c1ccccc1)N1CCC(CO)C1. The van der Waals surface area contributed by atoms with E-state index in [2.05, 4.69) is 10.2 Å². The highest BCUT2D eigenvalue weighted by Gasteiger charge is 2.28. The van der Waals surface area contributed by atoms with Crippen LogP contribution in [-0.2, 0) is 0 Å². The quantitative estimate of drug-likeness (QED) is 0.889. The van der Waals surface area contributed by atoms with Crippen molar-refractivity contribution in [3.05, 3.63) is 42.1 Å². The van der Waals surface area contributed by atoms with Gasteiger partial charge in [-0.2, -0.15) is 5.10 Å². The first-order chi connectivity index (χ1) is 9.79. The Kier molecular flexibility index (Phi) is 3.52. The van der Waals surface area contributed by atoms with Crippen molar-refractivity contribution >= 4 is 5.91 Å². The molecule has 1 aromatic heterocycles. The molecule has 1 atom stereocenters. The first kappa shape index (κ1) is 12.9. The van der Waals surface area contributed by atoms with Crippen molar-refractivity contribution in [2.75, 3.05) is 19.7 Å². The number of likely N-dealkylation sites (tertiary alicyclic amines) is 1. The van der Waals surface area contributed by atoms with Crippen LogP contribution >= 0.6 is 0 Å². The molecule has 1 aliphatic heterocycles. The predicted molar refractivity (Wildman–Crippen MR) is 75.1 cm³/mol. The van der Waals surface area contributed by atoms with Crippen molar-refractivity contribution in [3.8, 4) is 11.3 Å². The van der Waals surface area contributed by atoms with Crippen molar-refractivity contribution in [1.82, 2.24) is 15.1 Å². The fourth-order valence-electron chi connectivity index (χ4n) is 2.61. The van der Waals surface area contributed by atoms with E-state index in [1.165, 1.54) is 0 Å². The summed E-state index contributed by atoms with van der Waals surface area (Å²) in [6, 6.07) is 9.70. The van der Waals surface area contributed by atoms with Gasteiger partial charge in [-0.25, -0.2) is 0 Å². The molecule has 1 unspecified atom stereocenters. The van der Waals surface area contributed by atoms with Gasteiger partial charge in [0.15, 0.2) is 0 Å². The van der Waals surface area contributed by atoms with Gasteiger partial charge in [-0.1, -0.05) is 30.3 Å². The maximum Gasteiger partial charge on any atom is 0.257 e. The lowest BCUT2D eigenvalue weighted by molar-refractivity contribution is 0.0782. The van der Waals surface area contributed by atoms with Crippen LogP contribution in [0.15, 0.2) is 36.5 Å². The monoisotopic (exact) mass is 271 g/mol. The molecule has 2 heterocycles. The molecule has 2 N–H and O–H groups in total. The van der Waals surface area contributed by atoms with Gasteiger partial charge in [-0.05, 0) is 6.42 Å². The molecular weight excluding hydrogens is 254 g/mol. The van der Waals surface area contributed by atoms with Gasteiger partial charge >= 0.3 is 0 Å². The predicted octanol–water partition coefficient (Wildman–Crippen LogP) is 1.53. The minimum atomic E-state index is -0.0199. The molecule has 1 aliphatic rings. The summed E-state index contributed by atoms with van der Waals surface area (Å²) < 4.78 is 0. The van der Waals surface area contributed by atoms with E-state index < -0.39 is 0 Å². The lowest BCUT2D eigenvalue weighted by Gasteiger charge is -2.16. The number of rotatable bonds is 3. The average molecular weight is 271 g/mol. The number of hydrogen-bond donors (Lipinski definition) is 2.